The molecule has 1 aliphatic rings. The van der Waals surface area contributed by atoms with Crippen LogP contribution in [0.1, 0.15) is 10.4 Å². The molecule has 1 atom stereocenters. The van der Waals surface area contributed by atoms with Gasteiger partial charge in [0, 0.05) is 50.7 Å². The molecule has 21 heavy (non-hydrogen) atoms. The molecule has 5 nitrogen and oxygen atoms in total. The summed E-state index contributed by atoms with van der Waals surface area (Å²) in [5.74, 6) is -0.526. The number of pyridine rings is 1. The number of nitrogens with zero attached hydrogens (tertiary/aromatic N) is 2. The normalized spacial score (nSPS) is 18.2. The van der Waals surface area contributed by atoms with Gasteiger partial charge in [-0.2, -0.15) is 13.2 Å². The monoisotopic (exact) mass is 302 g/mol. The standard InChI is InChI=1S/C13H17F3N4O/c14-13(15,16)11(20-7-5-18-6-8-20)9-19-12(21)10-1-3-17-4-2-10/h1-4,11,18H,5-9H2,(H,19,21). The van der Waals surface area contributed by atoms with E-state index < -0.39 is 24.7 Å². The highest BCUT2D eigenvalue weighted by Crippen LogP contribution is 2.24. The van der Waals surface area contributed by atoms with Crippen LogP contribution in [0.3, 0.4) is 0 Å². The summed E-state index contributed by atoms with van der Waals surface area (Å²) in [5.41, 5.74) is 0.297. The van der Waals surface area contributed by atoms with E-state index in [0.29, 0.717) is 31.7 Å². The number of hydrogen-bond acceptors (Lipinski definition) is 4. The van der Waals surface area contributed by atoms with Crippen LogP contribution in [0.15, 0.2) is 24.5 Å². The molecule has 1 aromatic heterocycles. The van der Waals surface area contributed by atoms with Crippen molar-refractivity contribution in [3.63, 3.8) is 0 Å². The van der Waals surface area contributed by atoms with Crippen molar-refractivity contribution in [2.75, 3.05) is 32.7 Å². The van der Waals surface area contributed by atoms with Crippen LogP contribution in [0.2, 0.25) is 0 Å². The maximum Gasteiger partial charge on any atom is 0.405 e. The Balaban J connectivity index is 1.97. The van der Waals surface area contributed by atoms with E-state index >= 15 is 0 Å². The van der Waals surface area contributed by atoms with Gasteiger partial charge in [0.05, 0.1) is 0 Å². The van der Waals surface area contributed by atoms with Crippen LogP contribution in [0.25, 0.3) is 0 Å². The van der Waals surface area contributed by atoms with E-state index in [4.69, 9.17) is 0 Å². The van der Waals surface area contributed by atoms with Crippen LogP contribution in [0.4, 0.5) is 13.2 Å². The van der Waals surface area contributed by atoms with Gasteiger partial charge >= 0.3 is 6.18 Å². The molecule has 1 amide bonds. The molecular weight excluding hydrogens is 285 g/mol. The predicted molar refractivity (Wildman–Crippen MR) is 70.9 cm³/mol. The molecule has 0 spiro atoms. The number of carbonyl (C=O) groups is 1. The fourth-order valence-corrected chi connectivity index (χ4v) is 2.24. The van der Waals surface area contributed by atoms with E-state index in [2.05, 4.69) is 15.6 Å². The number of aromatic nitrogens is 1. The van der Waals surface area contributed by atoms with Gasteiger partial charge in [0.15, 0.2) is 0 Å². The zero-order valence-corrected chi connectivity index (χ0v) is 11.4. The number of rotatable bonds is 4. The SMILES string of the molecule is O=C(NCC(N1CCNCC1)C(F)(F)F)c1ccncc1. The Morgan fingerprint density at radius 2 is 1.95 bits per heavy atom. The molecule has 2 heterocycles. The van der Waals surface area contributed by atoms with Gasteiger partial charge in [-0.05, 0) is 12.1 Å². The van der Waals surface area contributed by atoms with E-state index in [1.54, 1.807) is 0 Å². The molecule has 1 fully saturated rings. The van der Waals surface area contributed by atoms with E-state index in [1.807, 2.05) is 0 Å². The van der Waals surface area contributed by atoms with Crippen LogP contribution in [-0.4, -0.2) is 60.7 Å². The minimum Gasteiger partial charge on any atom is -0.350 e. The van der Waals surface area contributed by atoms with Crippen molar-refractivity contribution in [2.45, 2.75) is 12.2 Å². The predicted octanol–water partition coefficient (Wildman–Crippen LogP) is 0.647. The number of carbonyl (C=O) groups excluding carboxylic acids is 1. The molecule has 1 unspecified atom stereocenters. The molecule has 0 saturated carbocycles. The van der Waals surface area contributed by atoms with Gasteiger partial charge in [-0.25, -0.2) is 0 Å². The van der Waals surface area contributed by atoms with Crippen LogP contribution in [0.5, 0.6) is 0 Å². The lowest BCUT2D eigenvalue weighted by Gasteiger charge is -2.35. The second-order valence-corrected chi connectivity index (χ2v) is 4.79. The van der Waals surface area contributed by atoms with Crippen LogP contribution in [-0.2, 0) is 0 Å². The van der Waals surface area contributed by atoms with Crippen molar-refractivity contribution >= 4 is 5.91 Å². The van der Waals surface area contributed by atoms with Crippen molar-refractivity contribution in [3.05, 3.63) is 30.1 Å². The summed E-state index contributed by atoms with van der Waals surface area (Å²) in [4.78, 5) is 16.9. The second kappa shape index (κ2) is 6.86. The molecule has 116 valence electrons. The summed E-state index contributed by atoms with van der Waals surface area (Å²) in [5, 5.41) is 5.36. The van der Waals surface area contributed by atoms with Gasteiger partial charge in [-0.15, -0.1) is 0 Å². The Hall–Kier alpha value is -1.67. The molecule has 2 rings (SSSR count). The Morgan fingerprint density at radius 1 is 1.33 bits per heavy atom. The summed E-state index contributed by atoms with van der Waals surface area (Å²) in [6.07, 6.45) is -1.53. The van der Waals surface area contributed by atoms with Crippen molar-refractivity contribution in [1.29, 1.82) is 0 Å². The minimum absolute atomic E-state index is 0.297. The first kappa shape index (κ1) is 15.7. The van der Waals surface area contributed by atoms with Crippen LogP contribution in [0, 0.1) is 0 Å². The molecular formula is C13H17F3N4O. The number of alkyl halides is 3. The van der Waals surface area contributed by atoms with Crippen molar-refractivity contribution in [1.82, 2.24) is 20.5 Å². The molecule has 0 radical (unpaired) electrons. The number of halogens is 3. The van der Waals surface area contributed by atoms with E-state index in [-0.39, 0.29) is 0 Å². The fourth-order valence-electron chi connectivity index (χ4n) is 2.24. The third-order valence-electron chi connectivity index (χ3n) is 3.37. The Morgan fingerprint density at radius 3 is 2.52 bits per heavy atom. The van der Waals surface area contributed by atoms with Crippen molar-refractivity contribution in [2.24, 2.45) is 0 Å². The zero-order chi connectivity index (χ0) is 15.3. The number of hydrogen-bond donors (Lipinski definition) is 2. The maximum absolute atomic E-state index is 13.1. The third-order valence-corrected chi connectivity index (χ3v) is 3.37. The van der Waals surface area contributed by atoms with Crippen LogP contribution >= 0.6 is 0 Å². The molecule has 0 bridgehead atoms. The van der Waals surface area contributed by atoms with Crippen LogP contribution < -0.4 is 10.6 Å². The highest BCUT2D eigenvalue weighted by Gasteiger charge is 2.43. The van der Waals surface area contributed by atoms with Gasteiger partial charge in [-0.3, -0.25) is 14.7 Å². The average Bonchev–Trinajstić information content (AvgIpc) is 2.48. The zero-order valence-electron chi connectivity index (χ0n) is 11.4. The largest absolute Gasteiger partial charge is 0.405 e. The van der Waals surface area contributed by atoms with E-state index in [0.717, 1.165) is 0 Å². The molecule has 1 saturated heterocycles. The first-order valence-corrected chi connectivity index (χ1v) is 6.68. The summed E-state index contributed by atoms with van der Waals surface area (Å²) in [6, 6.07) is 1.26. The topological polar surface area (TPSA) is 57.3 Å². The summed E-state index contributed by atoms with van der Waals surface area (Å²) in [7, 11) is 0. The number of amides is 1. The first-order valence-electron chi connectivity index (χ1n) is 6.68. The highest BCUT2D eigenvalue weighted by atomic mass is 19.4. The first-order chi connectivity index (χ1) is 9.98. The smallest absolute Gasteiger partial charge is 0.350 e. The average molecular weight is 302 g/mol. The Bertz CT molecular complexity index is 460. The Kier molecular flexibility index (Phi) is 5.13. The lowest BCUT2D eigenvalue weighted by Crippen LogP contribution is -2.57. The van der Waals surface area contributed by atoms with Crippen molar-refractivity contribution < 1.29 is 18.0 Å². The molecule has 0 aromatic carbocycles. The molecule has 1 aliphatic heterocycles. The van der Waals surface area contributed by atoms with Gasteiger partial charge in [-0.1, -0.05) is 0 Å². The second-order valence-electron chi connectivity index (χ2n) is 4.79. The molecule has 1 aromatic rings. The lowest BCUT2D eigenvalue weighted by molar-refractivity contribution is -0.183. The minimum atomic E-state index is -4.37. The highest BCUT2D eigenvalue weighted by molar-refractivity contribution is 5.93. The van der Waals surface area contributed by atoms with E-state index in [9.17, 15) is 18.0 Å². The number of piperazine rings is 1. The van der Waals surface area contributed by atoms with Gasteiger partial charge in [0.1, 0.15) is 6.04 Å². The van der Waals surface area contributed by atoms with Gasteiger partial charge in [0.25, 0.3) is 5.91 Å². The summed E-state index contributed by atoms with van der Waals surface area (Å²) >= 11 is 0. The summed E-state index contributed by atoms with van der Waals surface area (Å²) in [6.45, 7) is 1.21. The van der Waals surface area contributed by atoms with Crippen molar-refractivity contribution in [3.8, 4) is 0 Å². The number of nitrogens with one attached hydrogen (secondary N) is 2. The Labute approximate surface area is 120 Å². The third kappa shape index (κ3) is 4.40. The van der Waals surface area contributed by atoms with E-state index in [1.165, 1.54) is 29.4 Å². The maximum atomic E-state index is 13.1. The summed E-state index contributed by atoms with van der Waals surface area (Å²) < 4.78 is 39.4. The molecule has 0 aliphatic carbocycles. The lowest BCUT2D eigenvalue weighted by atomic mass is 10.2. The quantitative estimate of drug-likeness (QED) is 0.857. The molecule has 8 heteroatoms. The fraction of sp³-hybridized carbons (Fsp3) is 0.538. The molecule has 2 N–H and O–H groups in total. The van der Waals surface area contributed by atoms with Gasteiger partial charge in [0.2, 0.25) is 0 Å². The van der Waals surface area contributed by atoms with Gasteiger partial charge < -0.3 is 10.6 Å².